The Bertz CT molecular complexity index is 1060. The first kappa shape index (κ1) is 19.6. The molecule has 0 bridgehead atoms. The molecule has 2 aliphatic rings. The average molecular weight is 413 g/mol. The molecule has 0 unspecified atom stereocenters. The van der Waals surface area contributed by atoms with Gasteiger partial charge in [-0.2, -0.15) is 0 Å². The van der Waals surface area contributed by atoms with Crippen molar-refractivity contribution >= 4 is 27.5 Å². The molecular weight excluding hydrogens is 390 g/mol. The van der Waals surface area contributed by atoms with E-state index in [4.69, 9.17) is 4.74 Å². The predicted molar refractivity (Wildman–Crippen MR) is 110 cm³/mol. The Morgan fingerprint density at radius 1 is 0.931 bits per heavy atom. The number of ether oxygens (including phenoxy) is 1. The van der Waals surface area contributed by atoms with Crippen molar-refractivity contribution in [3.05, 3.63) is 64.7 Å². The van der Waals surface area contributed by atoms with Crippen LogP contribution in [0.2, 0.25) is 0 Å². The SMILES string of the molecule is O=C(COC(=O)c1cccc(N2CCCS2(=O)=O)c1)c1ccc2c(c1)CCCC2. The van der Waals surface area contributed by atoms with Gasteiger partial charge in [-0.25, -0.2) is 13.2 Å². The fourth-order valence-electron chi connectivity index (χ4n) is 3.92. The summed E-state index contributed by atoms with van der Waals surface area (Å²) in [5.74, 6) is -0.781. The summed E-state index contributed by atoms with van der Waals surface area (Å²) < 4.78 is 30.7. The van der Waals surface area contributed by atoms with Gasteiger partial charge in [0.05, 0.1) is 17.0 Å². The summed E-state index contributed by atoms with van der Waals surface area (Å²) in [6, 6.07) is 12.0. The fraction of sp³-hybridized carbons (Fsp3) is 0.364. The zero-order valence-corrected chi connectivity index (χ0v) is 16.9. The van der Waals surface area contributed by atoms with Crippen molar-refractivity contribution in [3.8, 4) is 0 Å². The van der Waals surface area contributed by atoms with Crippen molar-refractivity contribution < 1.29 is 22.7 Å². The standard InChI is InChI=1S/C22H23NO5S/c24-21(18-10-9-16-5-1-2-6-17(16)13-18)15-28-22(25)19-7-3-8-20(14-19)23-11-4-12-29(23,26)27/h3,7-10,13-14H,1-2,4-6,11-12,15H2. The lowest BCUT2D eigenvalue weighted by molar-refractivity contribution is 0.0475. The summed E-state index contributed by atoms with van der Waals surface area (Å²) >= 11 is 0. The largest absolute Gasteiger partial charge is 0.454 e. The molecule has 0 N–H and O–H groups in total. The maximum absolute atomic E-state index is 12.5. The number of rotatable bonds is 5. The van der Waals surface area contributed by atoms with E-state index in [1.807, 2.05) is 12.1 Å². The number of anilines is 1. The molecule has 29 heavy (non-hydrogen) atoms. The second-order valence-corrected chi connectivity index (χ2v) is 9.49. The van der Waals surface area contributed by atoms with Crippen LogP contribution < -0.4 is 4.31 Å². The number of Topliss-reactive ketones (excluding diaryl/α,β-unsaturated/α-hetero) is 1. The minimum atomic E-state index is -3.32. The molecule has 0 spiro atoms. The van der Waals surface area contributed by atoms with Gasteiger partial charge in [0.2, 0.25) is 10.0 Å². The van der Waals surface area contributed by atoms with Gasteiger partial charge < -0.3 is 4.74 Å². The molecule has 1 aliphatic carbocycles. The first-order chi connectivity index (χ1) is 13.9. The topological polar surface area (TPSA) is 80.8 Å². The highest BCUT2D eigenvalue weighted by Gasteiger charge is 2.28. The fourth-order valence-corrected chi connectivity index (χ4v) is 5.48. The zero-order valence-electron chi connectivity index (χ0n) is 16.1. The van der Waals surface area contributed by atoms with E-state index >= 15 is 0 Å². The Labute approximate surface area is 170 Å². The van der Waals surface area contributed by atoms with Gasteiger partial charge in [0, 0.05) is 12.1 Å². The van der Waals surface area contributed by atoms with Crippen molar-refractivity contribution in [2.75, 3.05) is 23.2 Å². The van der Waals surface area contributed by atoms with Crippen LogP contribution in [0.25, 0.3) is 0 Å². The van der Waals surface area contributed by atoms with Gasteiger partial charge in [-0.1, -0.05) is 18.2 Å². The molecule has 1 heterocycles. The van der Waals surface area contributed by atoms with Crippen LogP contribution in [0.5, 0.6) is 0 Å². The Kier molecular flexibility index (Phi) is 5.41. The third-order valence-corrected chi connectivity index (χ3v) is 7.34. The highest BCUT2D eigenvalue weighted by molar-refractivity contribution is 7.93. The van der Waals surface area contributed by atoms with Gasteiger partial charge in [0.25, 0.3) is 0 Å². The number of aryl methyl sites for hydroxylation is 2. The first-order valence-corrected chi connectivity index (χ1v) is 11.5. The molecule has 0 saturated carbocycles. The summed E-state index contributed by atoms with van der Waals surface area (Å²) in [6.45, 7) is 0.0571. The van der Waals surface area contributed by atoms with Gasteiger partial charge in [0.15, 0.2) is 12.4 Å². The van der Waals surface area contributed by atoms with E-state index in [1.54, 1.807) is 24.3 Å². The molecule has 152 valence electrons. The number of hydrogen-bond donors (Lipinski definition) is 0. The van der Waals surface area contributed by atoms with Crippen molar-refractivity contribution in [1.82, 2.24) is 0 Å². The first-order valence-electron chi connectivity index (χ1n) is 9.87. The van der Waals surface area contributed by atoms with Crippen LogP contribution in [0.3, 0.4) is 0 Å². The maximum Gasteiger partial charge on any atom is 0.338 e. The van der Waals surface area contributed by atoms with Crippen LogP contribution in [0.1, 0.15) is 51.1 Å². The second-order valence-electron chi connectivity index (χ2n) is 7.48. The number of carbonyl (C=O) groups is 2. The number of nitrogens with zero attached hydrogens (tertiary/aromatic N) is 1. The summed E-state index contributed by atoms with van der Waals surface area (Å²) in [5.41, 5.74) is 3.71. The van der Waals surface area contributed by atoms with Crippen molar-refractivity contribution in [2.24, 2.45) is 0 Å². The molecule has 0 aromatic heterocycles. The molecule has 2 aromatic rings. The number of ketones is 1. The lowest BCUT2D eigenvalue weighted by Gasteiger charge is -2.17. The molecule has 1 aliphatic heterocycles. The van der Waals surface area contributed by atoms with Crippen LogP contribution in [-0.2, 0) is 27.6 Å². The van der Waals surface area contributed by atoms with E-state index in [0.717, 1.165) is 19.3 Å². The van der Waals surface area contributed by atoms with Crippen molar-refractivity contribution in [3.63, 3.8) is 0 Å². The van der Waals surface area contributed by atoms with Crippen LogP contribution >= 0.6 is 0 Å². The van der Waals surface area contributed by atoms with Gasteiger partial charge in [-0.05, 0) is 67.5 Å². The third kappa shape index (κ3) is 4.19. The monoisotopic (exact) mass is 413 g/mol. The predicted octanol–water partition coefficient (Wildman–Crippen LogP) is 3.15. The molecule has 6 nitrogen and oxygen atoms in total. The maximum atomic E-state index is 12.5. The van der Waals surface area contributed by atoms with E-state index in [9.17, 15) is 18.0 Å². The van der Waals surface area contributed by atoms with Crippen LogP contribution in [0, 0.1) is 0 Å². The van der Waals surface area contributed by atoms with E-state index in [0.29, 0.717) is 24.2 Å². The normalized spacial score (nSPS) is 17.6. The van der Waals surface area contributed by atoms with Crippen LogP contribution in [-0.4, -0.2) is 39.1 Å². The van der Waals surface area contributed by atoms with Gasteiger partial charge in [-0.3, -0.25) is 9.10 Å². The van der Waals surface area contributed by atoms with E-state index < -0.39 is 16.0 Å². The van der Waals surface area contributed by atoms with Crippen LogP contribution in [0.4, 0.5) is 5.69 Å². The Balaban J connectivity index is 1.42. The van der Waals surface area contributed by atoms with Crippen LogP contribution in [0.15, 0.2) is 42.5 Å². The van der Waals surface area contributed by atoms with Crippen molar-refractivity contribution in [1.29, 1.82) is 0 Å². The Hall–Kier alpha value is -2.67. The van der Waals surface area contributed by atoms with Crippen molar-refractivity contribution in [2.45, 2.75) is 32.1 Å². The van der Waals surface area contributed by atoms with E-state index in [1.165, 1.54) is 27.9 Å². The van der Waals surface area contributed by atoms with Gasteiger partial charge >= 0.3 is 5.97 Å². The molecule has 4 rings (SSSR count). The Morgan fingerprint density at radius 3 is 2.48 bits per heavy atom. The molecular formula is C22H23NO5S. The third-order valence-electron chi connectivity index (χ3n) is 5.47. The average Bonchev–Trinajstić information content (AvgIpc) is 3.10. The second kappa shape index (κ2) is 7.99. The van der Waals surface area contributed by atoms with E-state index in [-0.39, 0.29) is 23.7 Å². The minimum absolute atomic E-state index is 0.108. The molecule has 2 aromatic carbocycles. The molecule has 0 radical (unpaired) electrons. The summed E-state index contributed by atoms with van der Waals surface area (Å²) in [7, 11) is -3.32. The summed E-state index contributed by atoms with van der Waals surface area (Å²) in [6.07, 6.45) is 4.88. The zero-order chi connectivity index (χ0) is 20.4. The molecule has 1 fully saturated rings. The summed E-state index contributed by atoms with van der Waals surface area (Å²) in [5, 5.41) is 0. The molecule has 0 amide bonds. The minimum Gasteiger partial charge on any atom is -0.454 e. The number of hydrogen-bond acceptors (Lipinski definition) is 5. The van der Waals surface area contributed by atoms with Gasteiger partial charge in [0.1, 0.15) is 0 Å². The highest BCUT2D eigenvalue weighted by atomic mass is 32.2. The van der Waals surface area contributed by atoms with E-state index in [2.05, 4.69) is 0 Å². The smallest absolute Gasteiger partial charge is 0.338 e. The molecule has 0 atom stereocenters. The summed E-state index contributed by atoms with van der Waals surface area (Å²) in [4.78, 5) is 24.9. The van der Waals surface area contributed by atoms with Gasteiger partial charge in [-0.15, -0.1) is 0 Å². The number of esters is 1. The number of fused-ring (bicyclic) bond motifs is 1. The highest BCUT2D eigenvalue weighted by Crippen LogP contribution is 2.25. The lowest BCUT2D eigenvalue weighted by Crippen LogP contribution is -2.25. The quantitative estimate of drug-likeness (QED) is 0.556. The lowest BCUT2D eigenvalue weighted by atomic mass is 9.90. The molecule has 1 saturated heterocycles. The molecule has 7 heteroatoms. The number of benzene rings is 2. The Morgan fingerprint density at radius 2 is 1.72 bits per heavy atom. The number of sulfonamides is 1. The number of carbonyl (C=O) groups excluding carboxylic acids is 2.